The van der Waals surface area contributed by atoms with Crippen molar-refractivity contribution in [3.8, 4) is 11.6 Å². The third-order valence-corrected chi connectivity index (χ3v) is 2.92. The van der Waals surface area contributed by atoms with Gasteiger partial charge in [-0.15, -0.1) is 0 Å². The zero-order valence-electron chi connectivity index (χ0n) is 11.2. The summed E-state index contributed by atoms with van der Waals surface area (Å²) in [5.41, 5.74) is -0.00709. The van der Waals surface area contributed by atoms with E-state index in [-0.39, 0.29) is 10.9 Å². The van der Waals surface area contributed by atoms with Gasteiger partial charge >= 0.3 is 6.18 Å². The summed E-state index contributed by atoms with van der Waals surface area (Å²) in [5, 5.41) is 0.171. The molecule has 3 rings (SSSR count). The third kappa shape index (κ3) is 3.05. The Morgan fingerprint density at radius 2 is 1.65 bits per heavy atom. The monoisotopic (exact) mass is 326 g/mol. The minimum Gasteiger partial charge on any atom is -0.435 e. The number of fused-ring (bicyclic) bond motifs is 1. The van der Waals surface area contributed by atoms with E-state index in [1.165, 1.54) is 18.2 Å². The van der Waals surface area contributed by atoms with Crippen LogP contribution in [0.3, 0.4) is 0 Å². The summed E-state index contributed by atoms with van der Waals surface area (Å²) in [6, 6.07) is 8.28. The molecular formula is C15H7F5N2O. The van der Waals surface area contributed by atoms with Gasteiger partial charge in [-0.25, -0.2) is 13.8 Å². The summed E-state index contributed by atoms with van der Waals surface area (Å²) in [6.07, 6.45) is -4.79. The first-order valence-corrected chi connectivity index (χ1v) is 6.31. The SMILES string of the molecule is Fc1ccc(Oc2nc(C(F)(F)F)nc3ccccc23)c(F)c1. The molecule has 0 saturated heterocycles. The molecule has 0 saturated carbocycles. The molecule has 0 aliphatic heterocycles. The number of ether oxygens (including phenoxy) is 1. The van der Waals surface area contributed by atoms with Gasteiger partial charge in [0.15, 0.2) is 11.6 Å². The van der Waals surface area contributed by atoms with Crippen molar-refractivity contribution >= 4 is 10.9 Å². The summed E-state index contributed by atoms with van der Waals surface area (Å²) >= 11 is 0. The van der Waals surface area contributed by atoms with Crippen LogP contribution >= 0.6 is 0 Å². The van der Waals surface area contributed by atoms with Crippen LogP contribution in [0.25, 0.3) is 10.9 Å². The van der Waals surface area contributed by atoms with Crippen molar-refractivity contribution in [3.05, 3.63) is 59.9 Å². The van der Waals surface area contributed by atoms with E-state index in [0.717, 1.165) is 12.1 Å². The molecular weight excluding hydrogens is 319 g/mol. The summed E-state index contributed by atoms with van der Waals surface area (Å²) < 4.78 is 70.2. The number of rotatable bonds is 2. The van der Waals surface area contributed by atoms with Crippen LogP contribution in [0, 0.1) is 11.6 Å². The lowest BCUT2D eigenvalue weighted by atomic mass is 10.2. The van der Waals surface area contributed by atoms with Crippen molar-refractivity contribution in [1.29, 1.82) is 0 Å². The molecule has 0 radical (unpaired) electrons. The smallest absolute Gasteiger partial charge is 0.435 e. The molecule has 0 unspecified atom stereocenters. The molecule has 8 heteroatoms. The maximum atomic E-state index is 13.6. The molecule has 1 heterocycles. The molecule has 118 valence electrons. The van der Waals surface area contributed by atoms with E-state index in [2.05, 4.69) is 9.97 Å². The fourth-order valence-electron chi connectivity index (χ4n) is 1.91. The highest BCUT2D eigenvalue weighted by molar-refractivity contribution is 5.83. The Balaban J connectivity index is 2.15. The Bertz CT molecular complexity index is 879. The maximum absolute atomic E-state index is 13.6. The number of hydrogen-bond donors (Lipinski definition) is 0. The van der Waals surface area contributed by atoms with Gasteiger partial charge in [-0.2, -0.15) is 18.2 Å². The van der Waals surface area contributed by atoms with Gasteiger partial charge in [0.2, 0.25) is 11.7 Å². The van der Waals surface area contributed by atoms with Crippen molar-refractivity contribution < 1.29 is 26.7 Å². The highest BCUT2D eigenvalue weighted by Gasteiger charge is 2.36. The Morgan fingerprint density at radius 1 is 0.913 bits per heavy atom. The lowest BCUT2D eigenvalue weighted by molar-refractivity contribution is -0.144. The van der Waals surface area contributed by atoms with Crippen LogP contribution in [0.4, 0.5) is 22.0 Å². The molecule has 0 N–H and O–H groups in total. The van der Waals surface area contributed by atoms with Gasteiger partial charge in [-0.1, -0.05) is 12.1 Å². The molecule has 0 aliphatic rings. The number of hydrogen-bond acceptors (Lipinski definition) is 3. The van der Waals surface area contributed by atoms with Crippen LogP contribution in [0.1, 0.15) is 5.82 Å². The lowest BCUT2D eigenvalue weighted by Crippen LogP contribution is -2.12. The zero-order chi connectivity index (χ0) is 16.6. The van der Waals surface area contributed by atoms with Crippen LogP contribution in [0.5, 0.6) is 11.6 Å². The largest absolute Gasteiger partial charge is 0.451 e. The number of alkyl halides is 3. The fraction of sp³-hybridized carbons (Fsp3) is 0.0667. The molecule has 2 aromatic carbocycles. The molecule has 1 aromatic heterocycles. The van der Waals surface area contributed by atoms with Gasteiger partial charge in [0.25, 0.3) is 0 Å². The second kappa shape index (κ2) is 5.45. The molecule has 0 bridgehead atoms. The van der Waals surface area contributed by atoms with Crippen molar-refractivity contribution in [2.45, 2.75) is 6.18 Å². The minimum atomic E-state index is -4.79. The second-order valence-corrected chi connectivity index (χ2v) is 4.54. The van der Waals surface area contributed by atoms with Crippen molar-refractivity contribution in [2.75, 3.05) is 0 Å². The van der Waals surface area contributed by atoms with Crippen LogP contribution in [0.2, 0.25) is 0 Å². The summed E-state index contributed by atoms with van der Waals surface area (Å²) in [5.74, 6) is -4.20. The average Bonchev–Trinajstić information content (AvgIpc) is 2.49. The standard InChI is InChI=1S/C15H7F5N2O/c16-8-5-6-12(10(17)7-8)23-13-9-3-1-2-4-11(9)21-14(22-13)15(18,19)20/h1-7H. The Hall–Kier alpha value is -2.77. The lowest BCUT2D eigenvalue weighted by Gasteiger charge is -2.11. The maximum Gasteiger partial charge on any atom is 0.451 e. The number of benzene rings is 2. The Morgan fingerprint density at radius 3 is 2.35 bits per heavy atom. The normalized spacial score (nSPS) is 11.7. The predicted octanol–water partition coefficient (Wildman–Crippen LogP) is 4.72. The predicted molar refractivity (Wildman–Crippen MR) is 71.0 cm³/mol. The number of halogens is 5. The van der Waals surface area contributed by atoms with Gasteiger partial charge < -0.3 is 4.74 Å². The molecule has 0 fully saturated rings. The first-order valence-electron chi connectivity index (χ1n) is 6.31. The van der Waals surface area contributed by atoms with Gasteiger partial charge in [0.1, 0.15) is 5.82 Å². The minimum absolute atomic E-state index is 0.00709. The first kappa shape index (κ1) is 15.1. The first-order chi connectivity index (χ1) is 10.8. The fourth-order valence-corrected chi connectivity index (χ4v) is 1.91. The van der Waals surface area contributed by atoms with Gasteiger partial charge in [-0.3, -0.25) is 0 Å². The van der Waals surface area contributed by atoms with Crippen molar-refractivity contribution in [3.63, 3.8) is 0 Å². The second-order valence-electron chi connectivity index (χ2n) is 4.54. The van der Waals surface area contributed by atoms with Crippen molar-refractivity contribution in [1.82, 2.24) is 9.97 Å². The van der Waals surface area contributed by atoms with Crippen LogP contribution in [-0.2, 0) is 6.18 Å². The molecule has 0 spiro atoms. The van der Waals surface area contributed by atoms with E-state index in [4.69, 9.17) is 4.74 Å². The molecule has 23 heavy (non-hydrogen) atoms. The van der Waals surface area contributed by atoms with E-state index in [1.54, 1.807) is 6.07 Å². The van der Waals surface area contributed by atoms with Crippen LogP contribution in [0.15, 0.2) is 42.5 Å². The Kier molecular flexibility index (Phi) is 3.59. The van der Waals surface area contributed by atoms with Crippen LogP contribution in [-0.4, -0.2) is 9.97 Å². The van der Waals surface area contributed by atoms with Crippen molar-refractivity contribution in [2.24, 2.45) is 0 Å². The average molecular weight is 326 g/mol. The topological polar surface area (TPSA) is 35.0 Å². The highest BCUT2D eigenvalue weighted by Crippen LogP contribution is 2.33. The number of para-hydroxylation sites is 1. The summed E-state index contributed by atoms with van der Waals surface area (Å²) in [6.45, 7) is 0. The van der Waals surface area contributed by atoms with E-state index in [0.29, 0.717) is 6.07 Å². The van der Waals surface area contributed by atoms with E-state index in [9.17, 15) is 22.0 Å². The molecule has 3 nitrogen and oxygen atoms in total. The van der Waals surface area contributed by atoms with E-state index < -0.39 is 35.3 Å². The molecule has 0 amide bonds. The Labute approximate surface area is 126 Å². The van der Waals surface area contributed by atoms with Crippen LogP contribution < -0.4 is 4.74 Å². The molecule has 3 aromatic rings. The van der Waals surface area contributed by atoms with Gasteiger partial charge in [0, 0.05) is 6.07 Å². The number of aromatic nitrogens is 2. The summed E-state index contributed by atoms with van der Waals surface area (Å²) in [4.78, 5) is 6.73. The molecule has 0 aliphatic carbocycles. The number of nitrogens with zero attached hydrogens (tertiary/aromatic N) is 2. The quantitative estimate of drug-likeness (QED) is 0.639. The third-order valence-electron chi connectivity index (χ3n) is 2.92. The summed E-state index contributed by atoms with van der Waals surface area (Å²) in [7, 11) is 0. The molecule has 0 atom stereocenters. The van der Waals surface area contributed by atoms with Gasteiger partial charge in [0.05, 0.1) is 10.9 Å². The van der Waals surface area contributed by atoms with Gasteiger partial charge in [-0.05, 0) is 24.3 Å². The van der Waals surface area contributed by atoms with E-state index >= 15 is 0 Å². The van der Waals surface area contributed by atoms with E-state index in [1.807, 2.05) is 0 Å². The highest BCUT2D eigenvalue weighted by atomic mass is 19.4. The zero-order valence-corrected chi connectivity index (χ0v) is 11.2.